The second-order valence-electron chi connectivity index (χ2n) is 4.84. The lowest BCUT2D eigenvalue weighted by molar-refractivity contribution is 0.0786. The molecule has 0 aliphatic heterocycles. The van der Waals surface area contributed by atoms with Gasteiger partial charge in [0.25, 0.3) is 5.91 Å². The first-order chi connectivity index (χ1) is 9.47. The third-order valence-electron chi connectivity index (χ3n) is 2.97. The molecule has 0 N–H and O–H groups in total. The lowest BCUT2D eigenvalue weighted by Crippen LogP contribution is -2.26. The fraction of sp³-hybridized carbons (Fsp3) is 0.267. The van der Waals surface area contributed by atoms with Gasteiger partial charge in [0.1, 0.15) is 0 Å². The molecule has 2 aromatic rings. The van der Waals surface area contributed by atoms with Crippen LogP contribution in [0, 0.1) is 0 Å². The molecule has 0 radical (unpaired) electrons. The van der Waals surface area contributed by atoms with Crippen LogP contribution in [0.5, 0.6) is 0 Å². The summed E-state index contributed by atoms with van der Waals surface area (Å²) in [6.07, 6.45) is 0. The van der Waals surface area contributed by atoms with Gasteiger partial charge in [-0.3, -0.25) is 4.79 Å². The number of benzene rings is 1. The highest BCUT2D eigenvalue weighted by molar-refractivity contribution is 9.10. The van der Waals surface area contributed by atoms with Crippen molar-refractivity contribution in [1.82, 2.24) is 4.90 Å². The van der Waals surface area contributed by atoms with E-state index in [2.05, 4.69) is 15.9 Å². The fourth-order valence-corrected chi connectivity index (χ4v) is 3.38. The average Bonchev–Trinajstić information content (AvgIpc) is 2.83. The first kappa shape index (κ1) is 15.1. The maximum absolute atomic E-state index is 12.4. The summed E-state index contributed by atoms with van der Waals surface area (Å²) >= 11 is 5.08. The average molecular weight is 353 g/mol. The van der Waals surface area contributed by atoms with Crippen LogP contribution in [-0.4, -0.2) is 32.0 Å². The van der Waals surface area contributed by atoms with Gasteiger partial charge in [-0.1, -0.05) is 6.07 Å². The topological polar surface area (TPSA) is 23.6 Å². The Bertz CT molecular complexity index is 609. The smallest absolute Gasteiger partial charge is 0.253 e. The van der Waals surface area contributed by atoms with E-state index in [1.54, 1.807) is 16.2 Å². The molecule has 0 unspecified atom stereocenters. The quantitative estimate of drug-likeness (QED) is 0.834. The SMILES string of the molecule is CN(Cc1cc(Br)cs1)C(=O)c1cccc(N(C)C)c1. The van der Waals surface area contributed by atoms with E-state index in [1.807, 2.05) is 61.8 Å². The Morgan fingerprint density at radius 3 is 2.60 bits per heavy atom. The molecular formula is C15H17BrN2OS. The van der Waals surface area contributed by atoms with Crippen molar-refractivity contribution in [2.24, 2.45) is 0 Å². The minimum atomic E-state index is 0.0400. The molecule has 20 heavy (non-hydrogen) atoms. The molecule has 1 heterocycles. The molecule has 0 aliphatic rings. The maximum Gasteiger partial charge on any atom is 0.253 e. The molecule has 0 bridgehead atoms. The summed E-state index contributed by atoms with van der Waals surface area (Å²) in [5.41, 5.74) is 1.75. The number of anilines is 1. The summed E-state index contributed by atoms with van der Waals surface area (Å²) in [4.78, 5) is 17.3. The monoisotopic (exact) mass is 352 g/mol. The van der Waals surface area contributed by atoms with Crippen LogP contribution in [-0.2, 0) is 6.54 Å². The van der Waals surface area contributed by atoms with Gasteiger partial charge in [0.15, 0.2) is 0 Å². The standard InChI is InChI=1S/C15H17BrN2OS/c1-17(2)13-6-4-5-11(7-13)15(19)18(3)9-14-8-12(16)10-20-14/h4-8,10H,9H2,1-3H3. The Hall–Kier alpha value is -1.33. The van der Waals surface area contributed by atoms with Crippen molar-refractivity contribution >= 4 is 38.9 Å². The zero-order chi connectivity index (χ0) is 14.7. The van der Waals surface area contributed by atoms with E-state index in [0.717, 1.165) is 15.0 Å². The van der Waals surface area contributed by atoms with Gasteiger partial charge in [-0.05, 0) is 40.2 Å². The van der Waals surface area contributed by atoms with Gasteiger partial charge in [0.2, 0.25) is 0 Å². The number of amides is 1. The van der Waals surface area contributed by atoms with E-state index in [4.69, 9.17) is 0 Å². The Morgan fingerprint density at radius 2 is 2.00 bits per heavy atom. The molecule has 1 amide bonds. The van der Waals surface area contributed by atoms with Crippen molar-refractivity contribution < 1.29 is 4.79 Å². The molecule has 0 spiro atoms. The molecule has 2 rings (SSSR count). The van der Waals surface area contributed by atoms with E-state index in [-0.39, 0.29) is 5.91 Å². The summed E-state index contributed by atoms with van der Waals surface area (Å²) < 4.78 is 1.06. The highest BCUT2D eigenvalue weighted by Crippen LogP contribution is 2.22. The second kappa shape index (κ2) is 6.41. The van der Waals surface area contributed by atoms with Gasteiger partial charge in [-0.15, -0.1) is 11.3 Å². The van der Waals surface area contributed by atoms with Crippen LogP contribution in [0.25, 0.3) is 0 Å². The largest absolute Gasteiger partial charge is 0.378 e. The van der Waals surface area contributed by atoms with Crippen molar-refractivity contribution in [2.75, 3.05) is 26.0 Å². The number of nitrogens with zero attached hydrogens (tertiary/aromatic N) is 2. The molecule has 1 aromatic carbocycles. The second-order valence-corrected chi connectivity index (χ2v) is 6.75. The van der Waals surface area contributed by atoms with Gasteiger partial charge < -0.3 is 9.80 Å². The fourth-order valence-electron chi connectivity index (χ4n) is 1.88. The van der Waals surface area contributed by atoms with Crippen LogP contribution < -0.4 is 4.90 Å². The number of thiophene rings is 1. The third kappa shape index (κ3) is 3.61. The zero-order valence-corrected chi connectivity index (χ0v) is 14.2. The molecule has 3 nitrogen and oxygen atoms in total. The highest BCUT2D eigenvalue weighted by Gasteiger charge is 2.13. The van der Waals surface area contributed by atoms with Gasteiger partial charge in [0, 0.05) is 47.1 Å². The van der Waals surface area contributed by atoms with Crippen LogP contribution in [0.1, 0.15) is 15.2 Å². The summed E-state index contributed by atoms with van der Waals surface area (Å²) in [5.74, 6) is 0.0400. The predicted octanol–water partition coefficient (Wildman–Crippen LogP) is 3.85. The number of hydrogen-bond acceptors (Lipinski definition) is 3. The number of hydrogen-bond donors (Lipinski definition) is 0. The maximum atomic E-state index is 12.4. The summed E-state index contributed by atoms with van der Waals surface area (Å²) in [6, 6.07) is 9.73. The minimum Gasteiger partial charge on any atom is -0.378 e. The third-order valence-corrected chi connectivity index (χ3v) is 4.65. The van der Waals surface area contributed by atoms with Crippen molar-refractivity contribution in [2.45, 2.75) is 6.54 Å². The van der Waals surface area contributed by atoms with Crippen LogP contribution in [0.2, 0.25) is 0 Å². The Labute approximate surface area is 132 Å². The molecule has 0 saturated heterocycles. The Morgan fingerprint density at radius 1 is 1.25 bits per heavy atom. The van der Waals surface area contributed by atoms with Crippen LogP contribution >= 0.6 is 27.3 Å². The Balaban J connectivity index is 2.12. The molecule has 106 valence electrons. The summed E-state index contributed by atoms with van der Waals surface area (Å²) in [7, 11) is 5.77. The van der Waals surface area contributed by atoms with Gasteiger partial charge in [-0.25, -0.2) is 0 Å². The lowest BCUT2D eigenvalue weighted by atomic mass is 10.1. The molecule has 1 aromatic heterocycles. The number of carbonyl (C=O) groups is 1. The zero-order valence-electron chi connectivity index (χ0n) is 11.8. The van der Waals surface area contributed by atoms with E-state index < -0.39 is 0 Å². The van der Waals surface area contributed by atoms with Crippen molar-refractivity contribution in [3.63, 3.8) is 0 Å². The van der Waals surface area contributed by atoms with Crippen molar-refractivity contribution in [3.8, 4) is 0 Å². The molecule has 0 atom stereocenters. The highest BCUT2D eigenvalue weighted by atomic mass is 79.9. The molecule has 0 saturated carbocycles. The van der Waals surface area contributed by atoms with E-state index >= 15 is 0 Å². The van der Waals surface area contributed by atoms with E-state index in [0.29, 0.717) is 12.1 Å². The molecule has 0 aliphatic carbocycles. The van der Waals surface area contributed by atoms with Crippen LogP contribution in [0.3, 0.4) is 0 Å². The first-order valence-electron chi connectivity index (χ1n) is 6.23. The van der Waals surface area contributed by atoms with Crippen LogP contribution in [0.4, 0.5) is 5.69 Å². The van der Waals surface area contributed by atoms with Crippen molar-refractivity contribution in [1.29, 1.82) is 0 Å². The molecule has 0 fully saturated rings. The number of halogens is 1. The normalized spacial score (nSPS) is 10.4. The summed E-state index contributed by atoms with van der Waals surface area (Å²) in [6.45, 7) is 0.626. The molecule has 5 heteroatoms. The van der Waals surface area contributed by atoms with Gasteiger partial charge >= 0.3 is 0 Å². The van der Waals surface area contributed by atoms with Gasteiger partial charge in [0.05, 0.1) is 6.54 Å². The lowest BCUT2D eigenvalue weighted by Gasteiger charge is -2.18. The molecular weight excluding hydrogens is 336 g/mol. The van der Waals surface area contributed by atoms with E-state index in [9.17, 15) is 4.79 Å². The van der Waals surface area contributed by atoms with Crippen molar-refractivity contribution in [3.05, 3.63) is 50.6 Å². The number of carbonyl (C=O) groups excluding carboxylic acids is 1. The minimum absolute atomic E-state index is 0.0400. The predicted molar refractivity (Wildman–Crippen MR) is 88.6 cm³/mol. The first-order valence-corrected chi connectivity index (χ1v) is 7.90. The number of rotatable bonds is 4. The Kier molecular flexibility index (Phi) is 4.83. The van der Waals surface area contributed by atoms with Crippen LogP contribution in [0.15, 0.2) is 40.2 Å². The summed E-state index contributed by atoms with van der Waals surface area (Å²) in [5, 5.41) is 2.03. The van der Waals surface area contributed by atoms with Gasteiger partial charge in [-0.2, -0.15) is 0 Å². The van der Waals surface area contributed by atoms with E-state index in [1.165, 1.54) is 0 Å².